The van der Waals surface area contributed by atoms with Gasteiger partial charge in [0.15, 0.2) is 16.6 Å². The lowest BCUT2D eigenvalue weighted by molar-refractivity contribution is 0.0730. The number of sulfonamides is 1. The van der Waals surface area contributed by atoms with E-state index in [2.05, 4.69) is 15.8 Å². The zero-order valence-electron chi connectivity index (χ0n) is 18.8. The van der Waals surface area contributed by atoms with Crippen molar-refractivity contribution in [3.63, 3.8) is 0 Å². The summed E-state index contributed by atoms with van der Waals surface area (Å²) in [6, 6.07) is 7.86. The Hall–Kier alpha value is -2.64. The van der Waals surface area contributed by atoms with Gasteiger partial charge in [0.1, 0.15) is 0 Å². The van der Waals surface area contributed by atoms with Crippen LogP contribution in [0, 0.1) is 0 Å². The minimum absolute atomic E-state index is 0.0997. The molecule has 2 N–H and O–H groups in total. The highest BCUT2D eigenvalue weighted by atomic mass is 35.5. The van der Waals surface area contributed by atoms with Crippen LogP contribution >= 0.6 is 23.8 Å². The van der Waals surface area contributed by atoms with Gasteiger partial charge in [0.25, 0.3) is 0 Å². The maximum Gasteiger partial charge on any atom is 0.243 e. The molecular formula is C21H25ClN4O6S2. The Balaban J connectivity index is 1.72. The van der Waals surface area contributed by atoms with Crippen LogP contribution in [0.4, 0.5) is 5.69 Å². The van der Waals surface area contributed by atoms with Gasteiger partial charge in [-0.3, -0.25) is 5.43 Å². The molecule has 34 heavy (non-hydrogen) atoms. The van der Waals surface area contributed by atoms with Gasteiger partial charge in [0.05, 0.1) is 56.4 Å². The number of thiocarbonyl (C=S) groups is 1. The number of methoxy groups -OCH3 is 3. The van der Waals surface area contributed by atoms with Crippen LogP contribution in [0.5, 0.6) is 17.2 Å². The second kappa shape index (κ2) is 11.7. The summed E-state index contributed by atoms with van der Waals surface area (Å²) in [5.41, 5.74) is 3.62. The van der Waals surface area contributed by atoms with Gasteiger partial charge in [-0.1, -0.05) is 11.6 Å². The van der Waals surface area contributed by atoms with E-state index >= 15 is 0 Å². The van der Waals surface area contributed by atoms with Crippen molar-refractivity contribution in [2.24, 2.45) is 5.10 Å². The van der Waals surface area contributed by atoms with E-state index in [-0.39, 0.29) is 10.0 Å². The Morgan fingerprint density at radius 3 is 2.47 bits per heavy atom. The Morgan fingerprint density at radius 2 is 1.82 bits per heavy atom. The molecule has 13 heteroatoms. The van der Waals surface area contributed by atoms with Gasteiger partial charge in [0.2, 0.25) is 15.8 Å². The average molecular weight is 529 g/mol. The molecule has 0 aromatic heterocycles. The van der Waals surface area contributed by atoms with Crippen molar-refractivity contribution in [2.75, 3.05) is 52.9 Å². The van der Waals surface area contributed by atoms with E-state index in [1.807, 2.05) is 0 Å². The SMILES string of the molecule is COc1ccc(/C=N/NC(=S)Nc2cc(S(=O)(=O)N3CCOCC3)ccc2Cl)c(OC)c1OC. The third-order valence-electron chi connectivity index (χ3n) is 4.90. The summed E-state index contributed by atoms with van der Waals surface area (Å²) in [7, 11) is 0.864. The number of hydrazone groups is 1. The lowest BCUT2D eigenvalue weighted by atomic mass is 10.2. The van der Waals surface area contributed by atoms with Gasteiger partial charge in [-0.2, -0.15) is 9.41 Å². The van der Waals surface area contributed by atoms with Crippen LogP contribution in [-0.4, -0.2) is 71.7 Å². The summed E-state index contributed by atoms with van der Waals surface area (Å²) < 4.78 is 48.5. The zero-order chi connectivity index (χ0) is 24.7. The maximum absolute atomic E-state index is 12.9. The molecule has 0 radical (unpaired) electrons. The van der Waals surface area contributed by atoms with Crippen LogP contribution in [0.25, 0.3) is 0 Å². The van der Waals surface area contributed by atoms with Crippen molar-refractivity contribution >= 4 is 50.9 Å². The summed E-state index contributed by atoms with van der Waals surface area (Å²) in [5, 5.41) is 7.40. The van der Waals surface area contributed by atoms with Crippen molar-refractivity contribution < 1.29 is 27.4 Å². The number of rotatable bonds is 8. The number of morpholine rings is 1. The molecule has 2 aromatic carbocycles. The largest absolute Gasteiger partial charge is 0.493 e. The summed E-state index contributed by atoms with van der Waals surface area (Å²) in [6.45, 7) is 1.30. The number of halogens is 1. The Labute approximate surface area is 208 Å². The van der Waals surface area contributed by atoms with E-state index in [9.17, 15) is 8.42 Å². The molecule has 0 aliphatic carbocycles. The van der Waals surface area contributed by atoms with E-state index in [1.54, 1.807) is 12.1 Å². The summed E-state index contributed by atoms with van der Waals surface area (Å²) >= 11 is 11.5. The molecule has 2 aromatic rings. The lowest BCUT2D eigenvalue weighted by Gasteiger charge is -2.26. The predicted molar refractivity (Wildman–Crippen MR) is 134 cm³/mol. The Kier molecular flexibility index (Phi) is 8.91. The van der Waals surface area contributed by atoms with E-state index in [1.165, 1.54) is 50.0 Å². The van der Waals surface area contributed by atoms with Crippen molar-refractivity contribution in [1.82, 2.24) is 9.73 Å². The minimum Gasteiger partial charge on any atom is -0.493 e. The minimum atomic E-state index is -3.68. The van der Waals surface area contributed by atoms with E-state index < -0.39 is 10.0 Å². The number of anilines is 1. The van der Waals surface area contributed by atoms with Gasteiger partial charge in [-0.05, 0) is 42.5 Å². The molecule has 3 rings (SSSR count). The molecule has 0 bridgehead atoms. The number of nitrogens with one attached hydrogen (secondary N) is 2. The third-order valence-corrected chi connectivity index (χ3v) is 7.32. The van der Waals surface area contributed by atoms with Crippen LogP contribution in [-0.2, 0) is 14.8 Å². The van der Waals surface area contributed by atoms with Gasteiger partial charge >= 0.3 is 0 Å². The smallest absolute Gasteiger partial charge is 0.243 e. The molecule has 0 unspecified atom stereocenters. The monoisotopic (exact) mass is 528 g/mol. The number of nitrogens with zero attached hydrogens (tertiary/aromatic N) is 2. The first kappa shape index (κ1) is 26.0. The number of benzene rings is 2. The number of hydrogen-bond donors (Lipinski definition) is 2. The van der Waals surface area contributed by atoms with Gasteiger partial charge in [-0.15, -0.1) is 0 Å². The standard InChI is InChI=1S/C21H25ClN4O6S2/c1-29-18-7-4-14(19(30-2)20(18)31-3)13-23-25-21(33)24-17-12-15(5-6-16(17)22)34(27,28)26-8-10-32-11-9-26/h4-7,12-13H,8-11H2,1-3H3,(H2,24,25,33)/b23-13+. The van der Waals surface area contributed by atoms with Crippen molar-refractivity contribution in [3.8, 4) is 17.2 Å². The van der Waals surface area contributed by atoms with E-state index in [4.69, 9.17) is 42.8 Å². The molecule has 0 atom stereocenters. The second-order valence-electron chi connectivity index (χ2n) is 6.91. The average Bonchev–Trinajstić information content (AvgIpc) is 2.85. The first-order chi connectivity index (χ1) is 16.3. The van der Waals surface area contributed by atoms with Crippen LogP contribution in [0.3, 0.4) is 0 Å². The summed E-state index contributed by atoms with van der Waals surface area (Å²) in [5.74, 6) is 1.39. The second-order valence-corrected chi connectivity index (χ2v) is 9.66. The van der Waals surface area contributed by atoms with Crippen molar-refractivity contribution in [2.45, 2.75) is 4.90 Å². The normalized spacial score (nSPS) is 14.6. The fraction of sp³-hybridized carbons (Fsp3) is 0.333. The van der Waals surface area contributed by atoms with E-state index in [0.29, 0.717) is 59.8 Å². The van der Waals surface area contributed by atoms with Gasteiger partial charge in [0, 0.05) is 18.7 Å². The predicted octanol–water partition coefficient (Wildman–Crippen LogP) is 2.71. The van der Waals surface area contributed by atoms with Gasteiger partial charge < -0.3 is 24.3 Å². The Bertz CT molecular complexity index is 1170. The van der Waals surface area contributed by atoms with Crippen LogP contribution in [0.2, 0.25) is 5.02 Å². The molecular weight excluding hydrogens is 504 g/mol. The molecule has 10 nitrogen and oxygen atoms in total. The molecule has 1 saturated heterocycles. The highest BCUT2D eigenvalue weighted by Crippen LogP contribution is 2.39. The molecule has 1 heterocycles. The summed E-state index contributed by atoms with van der Waals surface area (Å²) in [6.07, 6.45) is 1.50. The van der Waals surface area contributed by atoms with Crippen LogP contribution in [0.1, 0.15) is 5.56 Å². The quantitative estimate of drug-likeness (QED) is 0.303. The topological polar surface area (TPSA) is 111 Å². The first-order valence-electron chi connectivity index (χ1n) is 10.1. The Morgan fingerprint density at radius 1 is 1.12 bits per heavy atom. The molecule has 184 valence electrons. The van der Waals surface area contributed by atoms with Crippen LogP contribution in [0.15, 0.2) is 40.3 Å². The van der Waals surface area contributed by atoms with Crippen LogP contribution < -0.4 is 25.0 Å². The zero-order valence-corrected chi connectivity index (χ0v) is 21.2. The lowest BCUT2D eigenvalue weighted by Crippen LogP contribution is -2.40. The first-order valence-corrected chi connectivity index (χ1v) is 12.3. The molecule has 0 saturated carbocycles. The highest BCUT2D eigenvalue weighted by molar-refractivity contribution is 7.89. The molecule has 1 aliphatic rings. The molecule has 0 spiro atoms. The number of ether oxygens (including phenoxy) is 4. The highest BCUT2D eigenvalue weighted by Gasteiger charge is 2.27. The van der Waals surface area contributed by atoms with Crippen molar-refractivity contribution in [3.05, 3.63) is 40.9 Å². The molecule has 1 fully saturated rings. The fourth-order valence-electron chi connectivity index (χ4n) is 3.23. The summed E-state index contributed by atoms with van der Waals surface area (Å²) in [4.78, 5) is 0.0997. The van der Waals surface area contributed by atoms with Crippen molar-refractivity contribution in [1.29, 1.82) is 0 Å². The fourth-order valence-corrected chi connectivity index (χ4v) is 5.00. The molecule has 0 amide bonds. The third kappa shape index (κ3) is 5.88. The van der Waals surface area contributed by atoms with Gasteiger partial charge in [-0.25, -0.2) is 8.42 Å². The molecule has 1 aliphatic heterocycles. The number of hydrogen-bond acceptors (Lipinski definition) is 8. The maximum atomic E-state index is 12.9. The van der Waals surface area contributed by atoms with E-state index in [0.717, 1.165) is 0 Å².